The number of aromatic nitrogens is 3. The van der Waals surface area contributed by atoms with Gasteiger partial charge >= 0.3 is 6.03 Å². The zero-order chi connectivity index (χ0) is 28.0. The van der Waals surface area contributed by atoms with E-state index < -0.39 is 14.4 Å². The van der Waals surface area contributed by atoms with Crippen LogP contribution in [0.5, 0.6) is 5.75 Å². The smallest absolute Gasteiger partial charge is 0.332 e. The van der Waals surface area contributed by atoms with Crippen molar-refractivity contribution in [2.24, 2.45) is 5.92 Å². The van der Waals surface area contributed by atoms with E-state index in [2.05, 4.69) is 44.1 Å². The minimum Gasteiger partial charge on any atom is -0.543 e. The van der Waals surface area contributed by atoms with Crippen LogP contribution in [0.3, 0.4) is 0 Å². The summed E-state index contributed by atoms with van der Waals surface area (Å²) in [5, 5.41) is 8.46. The number of aryl methyl sites for hydroxylation is 2. The van der Waals surface area contributed by atoms with Crippen molar-refractivity contribution >= 4 is 25.9 Å². The summed E-state index contributed by atoms with van der Waals surface area (Å²) in [6.07, 6.45) is 3.28. The zero-order valence-corrected chi connectivity index (χ0v) is 24.9. The normalized spacial score (nSPS) is 16.7. The van der Waals surface area contributed by atoms with Crippen LogP contribution in [-0.4, -0.2) is 46.1 Å². The SMILES string of the molecule is Cc1noc(C)c1Cn1cc(N2C(=O)[C@H](C(C)C)N(Cc3cccc(O[Si](C)(C)C(C)(C)C)c3)C2=O)cn1. The van der Waals surface area contributed by atoms with E-state index in [4.69, 9.17) is 8.95 Å². The van der Waals surface area contributed by atoms with Crippen LogP contribution in [0.2, 0.25) is 18.1 Å². The highest BCUT2D eigenvalue weighted by atomic mass is 28.4. The molecular weight excluding hydrogens is 498 g/mol. The molecule has 3 heterocycles. The first-order chi connectivity index (χ1) is 17.7. The summed E-state index contributed by atoms with van der Waals surface area (Å²) >= 11 is 0. The molecule has 10 heteroatoms. The molecule has 0 unspecified atom stereocenters. The topological polar surface area (TPSA) is 93.7 Å². The van der Waals surface area contributed by atoms with Gasteiger partial charge in [0.2, 0.25) is 8.32 Å². The largest absolute Gasteiger partial charge is 0.543 e. The summed E-state index contributed by atoms with van der Waals surface area (Å²) in [5.74, 6) is 1.22. The maximum Gasteiger partial charge on any atom is 0.332 e. The molecule has 9 nitrogen and oxygen atoms in total. The van der Waals surface area contributed by atoms with Gasteiger partial charge in [-0.05, 0) is 55.6 Å². The van der Waals surface area contributed by atoms with Crippen molar-refractivity contribution in [3.8, 4) is 5.75 Å². The molecule has 1 aliphatic heterocycles. The summed E-state index contributed by atoms with van der Waals surface area (Å²) in [7, 11) is -2.01. The van der Waals surface area contributed by atoms with E-state index in [1.54, 1.807) is 22.0 Å². The van der Waals surface area contributed by atoms with E-state index >= 15 is 0 Å². The maximum atomic E-state index is 13.7. The third-order valence-electron chi connectivity index (χ3n) is 7.69. The second-order valence-electron chi connectivity index (χ2n) is 12.0. The monoisotopic (exact) mass is 537 g/mol. The third-order valence-corrected chi connectivity index (χ3v) is 12.0. The number of benzene rings is 1. The van der Waals surface area contributed by atoms with Crippen molar-refractivity contribution in [2.45, 2.75) is 85.7 Å². The second kappa shape index (κ2) is 10.1. The van der Waals surface area contributed by atoms with Crippen molar-refractivity contribution in [2.75, 3.05) is 4.90 Å². The first-order valence-electron chi connectivity index (χ1n) is 13.1. The van der Waals surface area contributed by atoms with E-state index in [9.17, 15) is 9.59 Å². The highest BCUT2D eigenvalue weighted by molar-refractivity contribution is 6.74. The van der Waals surface area contributed by atoms with E-state index in [0.29, 0.717) is 18.8 Å². The first-order valence-corrected chi connectivity index (χ1v) is 16.0. The van der Waals surface area contributed by atoms with Crippen molar-refractivity contribution in [3.05, 3.63) is 59.2 Å². The van der Waals surface area contributed by atoms with Crippen LogP contribution < -0.4 is 9.33 Å². The minimum atomic E-state index is -2.01. The lowest BCUT2D eigenvalue weighted by Crippen LogP contribution is -2.43. The van der Waals surface area contributed by atoms with E-state index in [0.717, 1.165) is 28.3 Å². The Hall–Kier alpha value is -3.40. The number of nitrogens with zero attached hydrogens (tertiary/aromatic N) is 5. The molecule has 38 heavy (non-hydrogen) atoms. The molecule has 3 amide bonds. The quantitative estimate of drug-likeness (QED) is 0.262. The van der Waals surface area contributed by atoms with Crippen LogP contribution in [0.25, 0.3) is 0 Å². The lowest BCUT2D eigenvalue weighted by Gasteiger charge is -2.36. The van der Waals surface area contributed by atoms with Crippen LogP contribution in [-0.2, 0) is 17.9 Å². The fraction of sp³-hybridized carbons (Fsp3) is 0.500. The van der Waals surface area contributed by atoms with Gasteiger partial charge in [0.25, 0.3) is 5.91 Å². The van der Waals surface area contributed by atoms with Crippen molar-refractivity contribution in [3.63, 3.8) is 0 Å². The first kappa shape index (κ1) is 27.6. The predicted octanol–water partition coefficient (Wildman–Crippen LogP) is 5.91. The van der Waals surface area contributed by atoms with Gasteiger partial charge in [0.1, 0.15) is 17.6 Å². The lowest BCUT2D eigenvalue weighted by molar-refractivity contribution is -0.120. The van der Waals surface area contributed by atoms with Crippen LogP contribution in [0.15, 0.2) is 41.2 Å². The number of rotatable bonds is 8. The summed E-state index contributed by atoms with van der Waals surface area (Å²) in [5.41, 5.74) is 3.10. The van der Waals surface area contributed by atoms with Gasteiger partial charge in [-0.25, -0.2) is 9.69 Å². The van der Waals surface area contributed by atoms with Gasteiger partial charge in [-0.3, -0.25) is 9.48 Å². The standard InChI is InChI=1S/C28H39N5O4Si/c1-18(2)25-26(34)33(22-14-29-31(16-22)17-24-19(3)30-36-20(24)4)27(35)32(25)15-21-11-10-12-23(13-21)37-38(8,9)28(5,6)7/h10-14,16,18,25H,15,17H2,1-9H3/t25-/m0/s1. The van der Waals surface area contributed by atoms with Crippen LogP contribution in [0, 0.1) is 19.8 Å². The molecule has 1 atom stereocenters. The maximum absolute atomic E-state index is 13.7. The van der Waals surface area contributed by atoms with Crippen molar-refractivity contribution in [1.29, 1.82) is 0 Å². The molecule has 0 saturated carbocycles. The summed E-state index contributed by atoms with van der Waals surface area (Å²) in [4.78, 5) is 30.1. The van der Waals surface area contributed by atoms with Gasteiger partial charge in [-0.1, -0.05) is 51.9 Å². The third kappa shape index (κ3) is 5.27. The molecule has 204 valence electrons. The molecule has 1 saturated heterocycles. The fourth-order valence-electron chi connectivity index (χ4n) is 4.45. The van der Waals surface area contributed by atoms with Crippen molar-refractivity contribution < 1.29 is 18.5 Å². The Morgan fingerprint density at radius 1 is 1.13 bits per heavy atom. The molecule has 0 spiro atoms. The van der Waals surface area contributed by atoms with E-state index in [1.807, 2.05) is 52.0 Å². The Morgan fingerprint density at radius 2 is 1.84 bits per heavy atom. The minimum absolute atomic E-state index is 0.0551. The Labute approximate surface area is 225 Å². The van der Waals surface area contributed by atoms with Gasteiger partial charge in [0.15, 0.2) is 0 Å². The van der Waals surface area contributed by atoms with Gasteiger partial charge in [0.05, 0.1) is 24.1 Å². The average molecular weight is 538 g/mol. The van der Waals surface area contributed by atoms with Crippen molar-refractivity contribution in [1.82, 2.24) is 19.8 Å². The molecule has 0 radical (unpaired) electrons. The van der Waals surface area contributed by atoms with Crippen LogP contribution in [0.1, 0.15) is 57.2 Å². The lowest BCUT2D eigenvalue weighted by atomic mass is 10.0. The molecule has 1 fully saturated rings. The summed E-state index contributed by atoms with van der Waals surface area (Å²) in [6.45, 7) is 19.4. The molecule has 0 N–H and O–H groups in total. The molecule has 2 aromatic heterocycles. The van der Waals surface area contributed by atoms with Gasteiger partial charge in [-0.15, -0.1) is 0 Å². The Bertz CT molecular complexity index is 1320. The van der Waals surface area contributed by atoms with Crippen LogP contribution in [0.4, 0.5) is 10.5 Å². The number of hydrogen-bond donors (Lipinski definition) is 0. The number of imide groups is 1. The molecule has 4 rings (SSSR count). The highest BCUT2D eigenvalue weighted by Gasteiger charge is 2.47. The molecule has 0 aliphatic carbocycles. The number of anilines is 1. The number of urea groups is 1. The molecule has 0 bridgehead atoms. The number of carbonyl (C=O) groups is 2. The van der Waals surface area contributed by atoms with Gasteiger partial charge < -0.3 is 13.8 Å². The number of carbonyl (C=O) groups excluding carboxylic acids is 2. The molecule has 3 aromatic rings. The highest BCUT2D eigenvalue weighted by Crippen LogP contribution is 2.38. The Kier molecular flexibility index (Phi) is 7.31. The second-order valence-corrected chi connectivity index (χ2v) is 16.7. The predicted molar refractivity (Wildman–Crippen MR) is 149 cm³/mol. The average Bonchev–Trinajstić information content (AvgIpc) is 3.46. The van der Waals surface area contributed by atoms with E-state index in [-0.39, 0.29) is 22.9 Å². The molecule has 1 aliphatic rings. The summed E-state index contributed by atoms with van der Waals surface area (Å²) in [6, 6.07) is 6.94. The van der Waals surface area contributed by atoms with E-state index in [1.165, 1.54) is 4.90 Å². The van der Waals surface area contributed by atoms with Crippen LogP contribution >= 0.6 is 0 Å². The number of hydrogen-bond acceptors (Lipinski definition) is 6. The molecular formula is C28H39N5O4Si. The Balaban J connectivity index is 1.57. The summed E-state index contributed by atoms with van der Waals surface area (Å²) < 4.78 is 13.4. The fourth-order valence-corrected chi connectivity index (χ4v) is 5.47. The Morgan fingerprint density at radius 3 is 2.45 bits per heavy atom. The van der Waals surface area contributed by atoms with Gasteiger partial charge in [-0.2, -0.15) is 5.10 Å². The number of amides is 3. The molecule has 1 aromatic carbocycles. The zero-order valence-electron chi connectivity index (χ0n) is 23.9. The van der Waals surface area contributed by atoms with Gasteiger partial charge in [0, 0.05) is 18.3 Å².